The summed E-state index contributed by atoms with van der Waals surface area (Å²) >= 11 is 3.52. The van der Waals surface area contributed by atoms with E-state index in [9.17, 15) is 0 Å². The minimum atomic E-state index is -0.414. The van der Waals surface area contributed by atoms with Crippen LogP contribution in [-0.4, -0.2) is 22.5 Å². The molecule has 1 aromatic rings. The molecule has 1 aromatic heterocycles. The fraction of sp³-hybridized carbons (Fsp3) is 0.727. The Labute approximate surface area is 111 Å². The first-order chi connectivity index (χ1) is 7.97. The van der Waals surface area contributed by atoms with E-state index >= 15 is 0 Å². The molecule has 17 heavy (non-hydrogen) atoms. The molecule has 1 heterocycles. The highest BCUT2D eigenvalue weighted by molar-refractivity contribution is 9.10. The van der Waals surface area contributed by atoms with Gasteiger partial charge in [0.2, 0.25) is 0 Å². The number of aryl methyl sites for hydroxylation is 1. The number of halogens is 1. The smallest absolute Gasteiger partial charge is 0.0924 e. The molecule has 0 amide bonds. The molecular weight excluding hydrogens is 284 g/mol. The molecule has 1 unspecified atom stereocenters. The summed E-state index contributed by atoms with van der Waals surface area (Å²) in [6, 6.07) is -0.129. The van der Waals surface area contributed by atoms with Gasteiger partial charge in [0.15, 0.2) is 0 Å². The van der Waals surface area contributed by atoms with Crippen LogP contribution in [0.15, 0.2) is 10.7 Å². The average molecular weight is 305 g/mol. The van der Waals surface area contributed by atoms with E-state index in [-0.39, 0.29) is 6.04 Å². The summed E-state index contributed by atoms with van der Waals surface area (Å²) in [7, 11) is 1.68. The minimum Gasteiger partial charge on any atom is -0.377 e. The fourth-order valence-corrected chi connectivity index (χ4v) is 2.30. The maximum atomic E-state index is 5.67. The summed E-state index contributed by atoms with van der Waals surface area (Å²) in [6.07, 6.45) is 2.81. The first-order valence-electron chi connectivity index (χ1n) is 5.70. The van der Waals surface area contributed by atoms with Crippen LogP contribution < -0.4 is 11.3 Å². The maximum absolute atomic E-state index is 5.67. The number of methoxy groups -OCH3 is 1. The first kappa shape index (κ1) is 14.6. The normalized spacial score (nSPS) is 14.0. The van der Waals surface area contributed by atoms with Crippen LogP contribution in [0.4, 0.5) is 0 Å². The predicted molar refractivity (Wildman–Crippen MR) is 71.4 cm³/mol. The zero-order valence-corrected chi connectivity index (χ0v) is 12.4. The lowest BCUT2D eigenvalue weighted by Gasteiger charge is -2.33. The van der Waals surface area contributed by atoms with Gasteiger partial charge in [-0.2, -0.15) is 5.10 Å². The van der Waals surface area contributed by atoms with E-state index in [2.05, 4.69) is 33.4 Å². The molecule has 1 atom stereocenters. The van der Waals surface area contributed by atoms with Gasteiger partial charge in [-0.1, -0.05) is 6.92 Å². The quantitative estimate of drug-likeness (QED) is 0.623. The van der Waals surface area contributed by atoms with E-state index < -0.39 is 5.60 Å². The van der Waals surface area contributed by atoms with E-state index in [1.165, 1.54) is 0 Å². The molecule has 3 N–H and O–H groups in total. The Kier molecular flexibility index (Phi) is 5.12. The molecule has 1 rings (SSSR count). The second kappa shape index (κ2) is 5.95. The van der Waals surface area contributed by atoms with Crippen molar-refractivity contribution in [2.75, 3.05) is 7.11 Å². The molecule has 0 radical (unpaired) electrons. The van der Waals surface area contributed by atoms with E-state index in [0.29, 0.717) is 0 Å². The zero-order chi connectivity index (χ0) is 13.1. The van der Waals surface area contributed by atoms with Crippen LogP contribution in [0.2, 0.25) is 0 Å². The highest BCUT2D eigenvalue weighted by Gasteiger charge is 2.34. The van der Waals surface area contributed by atoms with E-state index in [1.54, 1.807) is 13.3 Å². The number of ether oxygens (including phenoxy) is 1. The van der Waals surface area contributed by atoms with Crippen LogP contribution in [0.3, 0.4) is 0 Å². The second-order valence-corrected chi connectivity index (χ2v) is 5.36. The summed E-state index contributed by atoms with van der Waals surface area (Å²) in [5.74, 6) is 5.67. The van der Waals surface area contributed by atoms with Crippen LogP contribution in [0.5, 0.6) is 0 Å². The molecule has 5 nitrogen and oxygen atoms in total. The largest absolute Gasteiger partial charge is 0.377 e. The first-order valence-corrected chi connectivity index (χ1v) is 6.49. The molecular formula is C11H21BrN4O. The van der Waals surface area contributed by atoms with Crippen LogP contribution >= 0.6 is 15.9 Å². The molecule has 0 spiro atoms. The van der Waals surface area contributed by atoms with Crippen molar-refractivity contribution in [2.45, 2.75) is 45.4 Å². The van der Waals surface area contributed by atoms with Gasteiger partial charge in [0.05, 0.1) is 28.0 Å². The molecule has 0 aliphatic heterocycles. The predicted octanol–water partition coefficient (Wildman–Crippen LogP) is 1.99. The Morgan fingerprint density at radius 2 is 2.29 bits per heavy atom. The van der Waals surface area contributed by atoms with Gasteiger partial charge in [0.25, 0.3) is 0 Å². The topological polar surface area (TPSA) is 65.1 Å². The number of nitrogens with zero attached hydrogens (tertiary/aromatic N) is 2. The number of hydrogen-bond acceptors (Lipinski definition) is 4. The standard InChI is InChI=1S/C11H21BrN4O/c1-5-6-16-9(8(12)7-14-16)10(15-13)11(2,3)17-4/h7,10,15H,5-6,13H2,1-4H3. The van der Waals surface area contributed by atoms with Crippen molar-refractivity contribution in [1.82, 2.24) is 15.2 Å². The summed E-state index contributed by atoms with van der Waals surface area (Å²) in [5, 5.41) is 4.34. The van der Waals surface area contributed by atoms with Gasteiger partial charge < -0.3 is 4.74 Å². The van der Waals surface area contributed by atoms with Crippen LogP contribution in [0.1, 0.15) is 38.9 Å². The third-order valence-corrected chi connectivity index (χ3v) is 3.54. The SMILES string of the molecule is CCCn1ncc(Br)c1C(NN)C(C)(C)OC. The van der Waals surface area contributed by atoms with Crippen molar-refractivity contribution in [3.63, 3.8) is 0 Å². The molecule has 0 aromatic carbocycles. The number of nitrogens with two attached hydrogens (primary N) is 1. The molecule has 0 saturated heterocycles. The fourth-order valence-electron chi connectivity index (χ4n) is 1.78. The summed E-state index contributed by atoms with van der Waals surface area (Å²) in [4.78, 5) is 0. The van der Waals surface area contributed by atoms with E-state index in [1.807, 2.05) is 18.5 Å². The minimum absolute atomic E-state index is 0.129. The lowest BCUT2D eigenvalue weighted by molar-refractivity contribution is -0.0138. The molecule has 0 fully saturated rings. The van der Waals surface area contributed by atoms with Crippen molar-refractivity contribution < 1.29 is 4.74 Å². The lowest BCUT2D eigenvalue weighted by atomic mass is 9.96. The zero-order valence-electron chi connectivity index (χ0n) is 10.8. The summed E-state index contributed by atoms with van der Waals surface area (Å²) in [5.41, 5.74) is 3.42. The Hall–Kier alpha value is -0.430. The Balaban J connectivity index is 3.15. The highest BCUT2D eigenvalue weighted by atomic mass is 79.9. The van der Waals surface area contributed by atoms with Crippen molar-refractivity contribution in [2.24, 2.45) is 5.84 Å². The average Bonchev–Trinajstić information content (AvgIpc) is 2.63. The van der Waals surface area contributed by atoms with Gasteiger partial charge in [-0.25, -0.2) is 5.43 Å². The molecule has 0 bridgehead atoms. The molecule has 0 aliphatic carbocycles. The van der Waals surface area contributed by atoms with Gasteiger partial charge in [-0.3, -0.25) is 10.5 Å². The van der Waals surface area contributed by atoms with E-state index in [0.717, 1.165) is 23.1 Å². The van der Waals surface area contributed by atoms with Gasteiger partial charge in [-0.15, -0.1) is 0 Å². The lowest BCUT2D eigenvalue weighted by Crippen LogP contribution is -2.45. The Morgan fingerprint density at radius 1 is 1.65 bits per heavy atom. The van der Waals surface area contributed by atoms with Gasteiger partial charge in [0.1, 0.15) is 0 Å². The van der Waals surface area contributed by atoms with Gasteiger partial charge >= 0.3 is 0 Å². The molecule has 98 valence electrons. The Bertz CT molecular complexity index is 364. The van der Waals surface area contributed by atoms with Crippen LogP contribution in [0.25, 0.3) is 0 Å². The third-order valence-electron chi connectivity index (χ3n) is 2.93. The van der Waals surface area contributed by atoms with E-state index in [4.69, 9.17) is 10.6 Å². The van der Waals surface area contributed by atoms with Gasteiger partial charge in [-0.05, 0) is 36.2 Å². The van der Waals surface area contributed by atoms with Crippen LogP contribution in [-0.2, 0) is 11.3 Å². The number of hydrogen-bond donors (Lipinski definition) is 2. The van der Waals surface area contributed by atoms with Crippen molar-refractivity contribution in [1.29, 1.82) is 0 Å². The second-order valence-electron chi connectivity index (χ2n) is 4.51. The van der Waals surface area contributed by atoms with Crippen molar-refractivity contribution >= 4 is 15.9 Å². The van der Waals surface area contributed by atoms with Crippen LogP contribution in [0, 0.1) is 0 Å². The van der Waals surface area contributed by atoms with Crippen molar-refractivity contribution in [3.8, 4) is 0 Å². The summed E-state index contributed by atoms with van der Waals surface area (Å²) in [6.45, 7) is 6.96. The summed E-state index contributed by atoms with van der Waals surface area (Å²) < 4.78 is 8.40. The van der Waals surface area contributed by atoms with Gasteiger partial charge in [0, 0.05) is 13.7 Å². The molecule has 0 saturated carbocycles. The van der Waals surface area contributed by atoms with Crippen molar-refractivity contribution in [3.05, 3.63) is 16.4 Å². The highest BCUT2D eigenvalue weighted by Crippen LogP contribution is 2.32. The Morgan fingerprint density at radius 3 is 2.76 bits per heavy atom. The molecule has 0 aliphatic rings. The third kappa shape index (κ3) is 3.07. The monoisotopic (exact) mass is 304 g/mol. The number of nitrogens with one attached hydrogen (secondary N) is 1. The molecule has 6 heteroatoms. The number of rotatable bonds is 6. The maximum Gasteiger partial charge on any atom is 0.0924 e. The number of aromatic nitrogens is 2. The number of hydrazine groups is 1.